The first-order chi connectivity index (χ1) is 6.41. The average molecular weight is 198 g/mol. The number of likely N-dealkylation sites (N-methyl/N-ethyl adjacent to an activating group) is 1. The highest BCUT2D eigenvalue weighted by Crippen LogP contribution is 2.30. The van der Waals surface area contributed by atoms with Crippen molar-refractivity contribution >= 4 is 0 Å². The fourth-order valence-electron chi connectivity index (χ4n) is 2.92. The third-order valence-corrected chi connectivity index (χ3v) is 3.26. The van der Waals surface area contributed by atoms with E-state index in [0.717, 1.165) is 0 Å². The summed E-state index contributed by atoms with van der Waals surface area (Å²) >= 11 is 0. The van der Waals surface area contributed by atoms with Crippen LogP contribution in [-0.4, -0.2) is 40.6 Å². The molecule has 2 heteroatoms. The monoisotopic (exact) mass is 198 g/mol. The zero-order valence-corrected chi connectivity index (χ0v) is 10.7. The van der Waals surface area contributed by atoms with Gasteiger partial charge in [-0.2, -0.15) is 0 Å². The lowest BCUT2D eigenvalue weighted by atomic mass is 10.0. The molecule has 0 N–H and O–H groups in total. The molecule has 1 fully saturated rings. The van der Waals surface area contributed by atoms with Gasteiger partial charge in [0, 0.05) is 18.1 Å². The van der Waals surface area contributed by atoms with Crippen LogP contribution in [0.3, 0.4) is 0 Å². The molecule has 0 aromatic rings. The Bertz CT molecular complexity index is 183. The molecule has 0 spiro atoms. The van der Waals surface area contributed by atoms with Crippen LogP contribution < -0.4 is 0 Å². The van der Waals surface area contributed by atoms with Crippen molar-refractivity contribution in [1.29, 1.82) is 0 Å². The van der Waals surface area contributed by atoms with E-state index in [2.05, 4.69) is 51.3 Å². The van der Waals surface area contributed by atoms with Crippen molar-refractivity contribution in [2.75, 3.05) is 13.1 Å². The van der Waals surface area contributed by atoms with E-state index >= 15 is 0 Å². The van der Waals surface area contributed by atoms with Crippen molar-refractivity contribution in [3.63, 3.8) is 0 Å². The zero-order chi connectivity index (χ0) is 10.9. The number of hydrogen-bond donors (Lipinski definition) is 0. The number of nitrogens with zero attached hydrogens (tertiary/aromatic N) is 2. The quantitative estimate of drug-likeness (QED) is 0.673. The van der Waals surface area contributed by atoms with E-state index < -0.39 is 0 Å². The Morgan fingerprint density at radius 1 is 1.21 bits per heavy atom. The Labute approximate surface area is 89.3 Å². The molecular weight excluding hydrogens is 172 g/mol. The average Bonchev–Trinajstić information content (AvgIpc) is 2.40. The molecule has 1 heterocycles. The molecule has 84 valence electrons. The molecular formula is C12H26N2. The maximum absolute atomic E-state index is 2.66. The van der Waals surface area contributed by atoms with Crippen LogP contribution in [-0.2, 0) is 0 Å². The van der Waals surface area contributed by atoms with Crippen LogP contribution in [0.15, 0.2) is 0 Å². The summed E-state index contributed by atoms with van der Waals surface area (Å²) in [6, 6.07) is 0.694. The molecule has 2 unspecified atom stereocenters. The topological polar surface area (TPSA) is 6.48 Å². The van der Waals surface area contributed by atoms with Crippen LogP contribution in [0.4, 0.5) is 0 Å². The summed E-state index contributed by atoms with van der Waals surface area (Å²) in [5.74, 6) is 0. The van der Waals surface area contributed by atoms with Gasteiger partial charge in [0.2, 0.25) is 0 Å². The molecule has 2 nitrogen and oxygen atoms in total. The lowest BCUT2D eigenvalue weighted by Crippen LogP contribution is -2.50. The summed E-state index contributed by atoms with van der Waals surface area (Å²) in [6.45, 7) is 16.3. The maximum atomic E-state index is 2.66. The van der Waals surface area contributed by atoms with Crippen molar-refractivity contribution in [3.05, 3.63) is 0 Å². The fourth-order valence-corrected chi connectivity index (χ4v) is 2.92. The summed E-state index contributed by atoms with van der Waals surface area (Å²) < 4.78 is 0. The number of rotatable bonds is 2. The molecule has 0 saturated carbocycles. The molecule has 1 saturated heterocycles. The summed E-state index contributed by atoms with van der Waals surface area (Å²) in [5, 5.41) is 0. The first-order valence-corrected chi connectivity index (χ1v) is 5.94. The fraction of sp³-hybridized carbons (Fsp3) is 1.00. The molecule has 0 bridgehead atoms. The molecule has 0 aliphatic carbocycles. The van der Waals surface area contributed by atoms with E-state index in [9.17, 15) is 0 Å². The third kappa shape index (κ3) is 2.12. The Balaban J connectivity index is 2.82. The minimum absolute atomic E-state index is 0.296. The normalized spacial score (nSPS) is 31.3. The van der Waals surface area contributed by atoms with Crippen LogP contribution in [0.5, 0.6) is 0 Å². The van der Waals surface area contributed by atoms with Crippen molar-refractivity contribution in [2.45, 2.75) is 65.7 Å². The summed E-state index contributed by atoms with van der Waals surface area (Å²) in [4.78, 5) is 5.26. The minimum Gasteiger partial charge on any atom is -0.287 e. The van der Waals surface area contributed by atoms with E-state index in [4.69, 9.17) is 0 Å². The second kappa shape index (κ2) is 4.19. The molecule has 1 aliphatic rings. The SMILES string of the molecule is CCC1N(CC)CC(C)N1C(C)(C)C. The molecule has 0 amide bonds. The van der Waals surface area contributed by atoms with Gasteiger partial charge in [-0.05, 0) is 40.7 Å². The van der Waals surface area contributed by atoms with Gasteiger partial charge in [-0.25, -0.2) is 0 Å². The molecule has 2 atom stereocenters. The molecule has 0 radical (unpaired) electrons. The van der Waals surface area contributed by atoms with E-state index in [1.807, 2.05) is 0 Å². The largest absolute Gasteiger partial charge is 0.287 e. The van der Waals surface area contributed by atoms with E-state index in [1.165, 1.54) is 19.5 Å². The van der Waals surface area contributed by atoms with Gasteiger partial charge in [0.25, 0.3) is 0 Å². The molecule has 14 heavy (non-hydrogen) atoms. The lowest BCUT2D eigenvalue weighted by Gasteiger charge is -2.40. The first-order valence-electron chi connectivity index (χ1n) is 5.94. The smallest absolute Gasteiger partial charge is 0.0627 e. The lowest BCUT2D eigenvalue weighted by molar-refractivity contribution is 0.0416. The van der Waals surface area contributed by atoms with E-state index in [1.54, 1.807) is 0 Å². The molecule has 0 aromatic carbocycles. The van der Waals surface area contributed by atoms with Gasteiger partial charge in [0.1, 0.15) is 0 Å². The van der Waals surface area contributed by atoms with Crippen LogP contribution in [0, 0.1) is 0 Å². The Morgan fingerprint density at radius 2 is 1.79 bits per heavy atom. The third-order valence-electron chi connectivity index (χ3n) is 3.26. The van der Waals surface area contributed by atoms with E-state index in [0.29, 0.717) is 17.7 Å². The Morgan fingerprint density at radius 3 is 2.14 bits per heavy atom. The van der Waals surface area contributed by atoms with Crippen LogP contribution in [0.2, 0.25) is 0 Å². The van der Waals surface area contributed by atoms with Crippen molar-refractivity contribution in [3.8, 4) is 0 Å². The second-order valence-corrected chi connectivity index (χ2v) is 5.40. The highest BCUT2D eigenvalue weighted by atomic mass is 15.4. The van der Waals surface area contributed by atoms with Gasteiger partial charge >= 0.3 is 0 Å². The summed E-state index contributed by atoms with van der Waals surface area (Å²) in [7, 11) is 0. The minimum atomic E-state index is 0.296. The van der Waals surface area contributed by atoms with Crippen molar-refractivity contribution < 1.29 is 0 Å². The predicted octanol–water partition coefficient (Wildman–Crippen LogP) is 2.55. The van der Waals surface area contributed by atoms with Gasteiger partial charge in [-0.15, -0.1) is 0 Å². The van der Waals surface area contributed by atoms with Gasteiger partial charge in [-0.1, -0.05) is 13.8 Å². The van der Waals surface area contributed by atoms with Crippen LogP contribution in [0.25, 0.3) is 0 Å². The zero-order valence-electron chi connectivity index (χ0n) is 10.7. The maximum Gasteiger partial charge on any atom is 0.0627 e. The second-order valence-electron chi connectivity index (χ2n) is 5.40. The standard InChI is InChI=1S/C12H26N2/c1-7-11-13(8-2)9-10(3)14(11)12(4,5)6/h10-11H,7-9H2,1-6H3. The van der Waals surface area contributed by atoms with Crippen molar-refractivity contribution in [2.24, 2.45) is 0 Å². The molecule has 0 aromatic heterocycles. The Kier molecular flexibility index (Phi) is 3.59. The Hall–Kier alpha value is -0.0800. The van der Waals surface area contributed by atoms with Crippen molar-refractivity contribution in [1.82, 2.24) is 9.80 Å². The molecule has 1 aliphatic heterocycles. The summed E-state index contributed by atoms with van der Waals surface area (Å²) in [6.07, 6.45) is 1.88. The molecule has 1 rings (SSSR count). The van der Waals surface area contributed by atoms with E-state index in [-0.39, 0.29) is 0 Å². The summed E-state index contributed by atoms with van der Waals surface area (Å²) in [5.41, 5.74) is 0.296. The highest BCUT2D eigenvalue weighted by Gasteiger charge is 2.40. The van der Waals surface area contributed by atoms with Crippen LogP contribution in [0.1, 0.15) is 48.0 Å². The van der Waals surface area contributed by atoms with Gasteiger partial charge in [0.15, 0.2) is 0 Å². The van der Waals surface area contributed by atoms with Gasteiger partial charge in [-0.3, -0.25) is 9.80 Å². The predicted molar refractivity (Wildman–Crippen MR) is 62.4 cm³/mol. The number of hydrogen-bond acceptors (Lipinski definition) is 2. The van der Waals surface area contributed by atoms with Crippen LogP contribution >= 0.6 is 0 Å². The van der Waals surface area contributed by atoms with Gasteiger partial charge in [0.05, 0.1) is 6.17 Å². The first kappa shape index (κ1) is 12.0. The van der Waals surface area contributed by atoms with Gasteiger partial charge < -0.3 is 0 Å². The highest BCUT2D eigenvalue weighted by molar-refractivity contribution is 4.93.